The van der Waals surface area contributed by atoms with Crippen molar-refractivity contribution in [3.8, 4) is 0 Å². The third-order valence-electron chi connectivity index (χ3n) is 3.01. The van der Waals surface area contributed by atoms with Gasteiger partial charge in [0.2, 0.25) is 0 Å². The molecule has 0 fully saturated rings. The summed E-state index contributed by atoms with van der Waals surface area (Å²) in [7, 11) is -1.31. The van der Waals surface area contributed by atoms with Crippen molar-refractivity contribution in [1.29, 1.82) is 0 Å². The number of benzene rings is 1. The number of aromatic nitrogens is 2. The molecule has 1 unspecified atom stereocenters. The number of aryl methyl sites for hydroxylation is 1. The van der Waals surface area contributed by atoms with Gasteiger partial charge in [-0.2, -0.15) is 0 Å². The summed E-state index contributed by atoms with van der Waals surface area (Å²) in [5, 5.41) is 0. The number of nitrogens with two attached hydrogens (primary N) is 1. The summed E-state index contributed by atoms with van der Waals surface area (Å²) in [6.07, 6.45) is 1.46. The number of fused-ring (bicyclic) bond motifs is 1. The number of rotatable bonds is 4. The average molecular weight is 285 g/mol. The number of hydrogen-bond donors (Lipinski definition) is 1. The van der Waals surface area contributed by atoms with Crippen LogP contribution in [-0.2, 0) is 16.9 Å². The van der Waals surface area contributed by atoms with Gasteiger partial charge in [0.05, 0.1) is 22.8 Å². The highest BCUT2D eigenvalue weighted by Crippen LogP contribution is 2.21. The van der Waals surface area contributed by atoms with Crippen molar-refractivity contribution in [2.75, 3.05) is 12.0 Å². The van der Waals surface area contributed by atoms with Crippen LogP contribution in [0.4, 0.5) is 4.39 Å². The van der Waals surface area contributed by atoms with Gasteiger partial charge >= 0.3 is 0 Å². The number of sulfone groups is 1. The first-order chi connectivity index (χ1) is 8.78. The molecule has 0 amide bonds. The lowest BCUT2D eigenvalue weighted by Crippen LogP contribution is -2.19. The lowest BCUT2D eigenvalue weighted by Gasteiger charge is -2.10. The summed E-state index contributed by atoms with van der Waals surface area (Å²) < 4.78 is 37.2. The van der Waals surface area contributed by atoms with E-state index in [1.165, 1.54) is 18.4 Å². The van der Waals surface area contributed by atoms with E-state index in [9.17, 15) is 12.8 Å². The van der Waals surface area contributed by atoms with Gasteiger partial charge in [-0.05, 0) is 24.6 Å². The van der Waals surface area contributed by atoms with E-state index in [2.05, 4.69) is 4.98 Å². The van der Waals surface area contributed by atoms with Crippen molar-refractivity contribution in [2.45, 2.75) is 12.5 Å². The van der Waals surface area contributed by atoms with Gasteiger partial charge in [-0.25, -0.2) is 17.8 Å². The molecular weight excluding hydrogens is 269 g/mol. The molecule has 0 saturated heterocycles. The molecule has 0 saturated carbocycles. The van der Waals surface area contributed by atoms with Gasteiger partial charge in [0.1, 0.15) is 21.5 Å². The third kappa shape index (κ3) is 3.10. The predicted molar refractivity (Wildman–Crippen MR) is 71.9 cm³/mol. The molecular formula is C12H16FN3O2S. The lowest BCUT2D eigenvalue weighted by atomic mass is 10.2. The molecule has 0 aliphatic rings. The second-order valence-corrected chi connectivity index (χ2v) is 6.95. The van der Waals surface area contributed by atoms with Gasteiger partial charge in [-0.1, -0.05) is 0 Å². The molecule has 19 heavy (non-hydrogen) atoms. The van der Waals surface area contributed by atoms with Crippen LogP contribution in [0.2, 0.25) is 0 Å². The van der Waals surface area contributed by atoms with E-state index < -0.39 is 15.9 Å². The minimum Gasteiger partial charge on any atom is -0.330 e. The van der Waals surface area contributed by atoms with E-state index in [1.54, 1.807) is 17.7 Å². The van der Waals surface area contributed by atoms with E-state index in [4.69, 9.17) is 5.73 Å². The average Bonchev–Trinajstić information content (AvgIpc) is 2.63. The Balaban J connectivity index is 2.32. The SMILES string of the molecule is Cn1c(C(N)CCS(C)(=O)=O)nc2ccc(F)cc21. The number of halogens is 1. The first-order valence-electron chi connectivity index (χ1n) is 5.83. The molecule has 1 aromatic carbocycles. The fraction of sp³-hybridized carbons (Fsp3) is 0.417. The Morgan fingerprint density at radius 3 is 2.79 bits per heavy atom. The molecule has 1 aromatic heterocycles. The van der Waals surface area contributed by atoms with Crippen LogP contribution < -0.4 is 5.73 Å². The van der Waals surface area contributed by atoms with Gasteiger partial charge in [-0.15, -0.1) is 0 Å². The zero-order valence-electron chi connectivity index (χ0n) is 10.8. The maximum Gasteiger partial charge on any atom is 0.147 e. The number of nitrogens with zero attached hydrogens (tertiary/aromatic N) is 2. The third-order valence-corrected chi connectivity index (χ3v) is 3.99. The first kappa shape index (κ1) is 14.0. The van der Waals surface area contributed by atoms with Crippen molar-refractivity contribution in [1.82, 2.24) is 9.55 Å². The molecule has 5 nitrogen and oxygen atoms in total. The Hall–Kier alpha value is -1.47. The smallest absolute Gasteiger partial charge is 0.147 e. The minimum absolute atomic E-state index is 0.00569. The van der Waals surface area contributed by atoms with E-state index in [1.807, 2.05) is 0 Å². The highest BCUT2D eigenvalue weighted by atomic mass is 32.2. The van der Waals surface area contributed by atoms with Gasteiger partial charge in [0, 0.05) is 13.3 Å². The van der Waals surface area contributed by atoms with Crippen molar-refractivity contribution >= 4 is 20.9 Å². The fourth-order valence-electron chi connectivity index (χ4n) is 1.98. The Morgan fingerprint density at radius 2 is 2.16 bits per heavy atom. The molecule has 0 radical (unpaired) electrons. The van der Waals surface area contributed by atoms with Gasteiger partial charge in [0.25, 0.3) is 0 Å². The summed E-state index contributed by atoms with van der Waals surface area (Å²) in [5.41, 5.74) is 7.25. The number of hydrogen-bond acceptors (Lipinski definition) is 4. The standard InChI is InChI=1S/C12H16FN3O2S/c1-16-11-7-8(13)3-4-10(11)15-12(16)9(14)5-6-19(2,17)18/h3-4,7,9H,5-6,14H2,1-2H3. The van der Waals surface area contributed by atoms with Crippen LogP contribution in [0.15, 0.2) is 18.2 Å². The topological polar surface area (TPSA) is 78.0 Å². The molecule has 1 heterocycles. The molecule has 0 bridgehead atoms. The van der Waals surface area contributed by atoms with Crippen molar-refractivity contribution in [2.24, 2.45) is 12.8 Å². The van der Waals surface area contributed by atoms with E-state index in [0.29, 0.717) is 23.3 Å². The summed E-state index contributed by atoms with van der Waals surface area (Å²) in [4.78, 5) is 4.33. The minimum atomic E-state index is -3.05. The first-order valence-corrected chi connectivity index (χ1v) is 7.89. The normalized spacial score (nSPS) is 13.9. The van der Waals surface area contributed by atoms with Crippen LogP contribution in [0.5, 0.6) is 0 Å². The zero-order valence-corrected chi connectivity index (χ0v) is 11.6. The van der Waals surface area contributed by atoms with E-state index in [0.717, 1.165) is 0 Å². The van der Waals surface area contributed by atoms with Crippen molar-refractivity contribution < 1.29 is 12.8 Å². The summed E-state index contributed by atoms with van der Waals surface area (Å²) in [6.45, 7) is 0. The highest BCUT2D eigenvalue weighted by Gasteiger charge is 2.17. The van der Waals surface area contributed by atoms with Crippen molar-refractivity contribution in [3.05, 3.63) is 29.8 Å². The lowest BCUT2D eigenvalue weighted by molar-refractivity contribution is 0.581. The Kier molecular flexibility index (Phi) is 3.60. The summed E-state index contributed by atoms with van der Waals surface area (Å²) in [5.74, 6) is 0.224. The van der Waals surface area contributed by atoms with Gasteiger partial charge in [0.15, 0.2) is 0 Å². The highest BCUT2D eigenvalue weighted by molar-refractivity contribution is 7.90. The van der Waals surface area contributed by atoms with Crippen LogP contribution in [0.3, 0.4) is 0 Å². The van der Waals surface area contributed by atoms with Crippen LogP contribution >= 0.6 is 0 Å². The summed E-state index contributed by atoms with van der Waals surface area (Å²) >= 11 is 0. The van der Waals surface area contributed by atoms with Gasteiger partial charge in [-0.3, -0.25) is 0 Å². The van der Waals surface area contributed by atoms with Gasteiger partial charge < -0.3 is 10.3 Å². The zero-order chi connectivity index (χ0) is 14.2. The molecule has 7 heteroatoms. The molecule has 2 aromatic rings. The fourth-order valence-corrected chi connectivity index (χ4v) is 2.67. The van der Waals surface area contributed by atoms with Crippen LogP contribution in [-0.4, -0.2) is 30.0 Å². The molecule has 0 aliphatic heterocycles. The van der Waals surface area contributed by atoms with Crippen molar-refractivity contribution in [3.63, 3.8) is 0 Å². The molecule has 0 spiro atoms. The van der Waals surface area contributed by atoms with E-state index in [-0.39, 0.29) is 11.6 Å². The Morgan fingerprint density at radius 1 is 1.47 bits per heavy atom. The maximum absolute atomic E-state index is 13.2. The quantitative estimate of drug-likeness (QED) is 0.914. The largest absolute Gasteiger partial charge is 0.330 e. The summed E-state index contributed by atoms with van der Waals surface area (Å²) in [6, 6.07) is 3.81. The van der Waals surface area contributed by atoms with E-state index >= 15 is 0 Å². The Bertz CT molecular complexity index is 709. The molecule has 0 aliphatic carbocycles. The van der Waals surface area contributed by atoms with Crippen LogP contribution in [0, 0.1) is 5.82 Å². The number of imidazole rings is 1. The monoisotopic (exact) mass is 285 g/mol. The molecule has 2 N–H and O–H groups in total. The van der Waals surface area contributed by atoms with Crippen LogP contribution in [0.25, 0.3) is 11.0 Å². The molecule has 1 atom stereocenters. The van der Waals surface area contributed by atoms with Crippen LogP contribution in [0.1, 0.15) is 18.3 Å². The maximum atomic E-state index is 13.2. The second-order valence-electron chi connectivity index (χ2n) is 4.69. The Labute approximate surface area is 111 Å². The molecule has 2 rings (SSSR count). The molecule has 104 valence electrons. The predicted octanol–water partition coefficient (Wildman–Crippen LogP) is 1.15. The second kappa shape index (κ2) is 4.90.